The number of benzene rings is 2. The number of nitrogens with zero attached hydrogens (tertiary/aromatic N) is 2. The normalized spacial score (nSPS) is 22.8. The predicted octanol–water partition coefficient (Wildman–Crippen LogP) is 3.06. The molecule has 3 atom stereocenters. The highest BCUT2D eigenvalue weighted by atomic mass is 32.2. The highest BCUT2D eigenvalue weighted by Crippen LogP contribution is 2.27. The van der Waals surface area contributed by atoms with Crippen molar-refractivity contribution in [1.29, 1.82) is 0 Å². The summed E-state index contributed by atoms with van der Waals surface area (Å²) in [5.74, 6) is 0.323. The molecule has 1 aliphatic heterocycles. The van der Waals surface area contributed by atoms with Crippen LogP contribution in [0.25, 0.3) is 0 Å². The first kappa shape index (κ1) is 26.0. The number of carbonyl (C=O) groups excluding carboxylic acids is 1. The molecule has 1 heterocycles. The average Bonchev–Trinajstić information content (AvgIpc) is 2.79. The van der Waals surface area contributed by atoms with Gasteiger partial charge in [0.15, 0.2) is 0 Å². The Hall–Kier alpha value is -2.62. The van der Waals surface area contributed by atoms with E-state index in [1.807, 2.05) is 18.2 Å². The lowest BCUT2D eigenvalue weighted by molar-refractivity contribution is 0.00922. The number of methoxy groups -OCH3 is 1. The molecule has 1 aliphatic rings. The van der Waals surface area contributed by atoms with Gasteiger partial charge in [-0.15, -0.1) is 0 Å². The number of rotatable bonds is 5. The first-order valence-corrected chi connectivity index (χ1v) is 13.3. The van der Waals surface area contributed by atoms with Crippen LogP contribution in [0, 0.1) is 5.92 Å². The molecule has 0 fully saturated rings. The number of ether oxygens (including phenoxy) is 2. The molecule has 2 aromatic carbocycles. The highest BCUT2D eigenvalue weighted by molar-refractivity contribution is 7.92. The molecule has 0 bridgehead atoms. The highest BCUT2D eigenvalue weighted by Gasteiger charge is 2.28. The third kappa shape index (κ3) is 6.94. The summed E-state index contributed by atoms with van der Waals surface area (Å²) in [6, 6.07) is 15.1. The number of amides is 1. The Morgan fingerprint density at radius 2 is 1.82 bits per heavy atom. The summed E-state index contributed by atoms with van der Waals surface area (Å²) in [7, 11) is -0.0949. The second-order valence-corrected chi connectivity index (χ2v) is 10.8. The van der Waals surface area contributed by atoms with Crippen LogP contribution >= 0.6 is 0 Å². The second-order valence-electron chi connectivity index (χ2n) is 9.10. The van der Waals surface area contributed by atoms with Crippen LogP contribution in [0.2, 0.25) is 0 Å². The second kappa shape index (κ2) is 11.2. The molecule has 1 N–H and O–H groups in total. The summed E-state index contributed by atoms with van der Waals surface area (Å²) in [5, 5.41) is 0. The Bertz CT molecular complexity index is 1080. The zero-order valence-electron chi connectivity index (χ0n) is 20.5. The quantitative estimate of drug-likeness (QED) is 0.695. The minimum atomic E-state index is -3.48. The number of sulfonamides is 1. The van der Waals surface area contributed by atoms with Gasteiger partial charge in [0.1, 0.15) is 12.4 Å². The van der Waals surface area contributed by atoms with E-state index in [4.69, 9.17) is 9.47 Å². The molecule has 34 heavy (non-hydrogen) atoms. The van der Waals surface area contributed by atoms with Crippen molar-refractivity contribution in [3.63, 3.8) is 0 Å². The Labute approximate surface area is 202 Å². The average molecular weight is 490 g/mol. The van der Waals surface area contributed by atoms with Crippen LogP contribution in [-0.4, -0.2) is 76.4 Å². The number of likely N-dealkylation sites (N-methyl/N-ethyl adjacent to an activating group) is 1. The summed E-state index contributed by atoms with van der Waals surface area (Å²) in [6.45, 7) is 6.56. The number of anilines is 1. The van der Waals surface area contributed by atoms with Crippen LogP contribution in [-0.2, 0) is 21.3 Å². The zero-order chi connectivity index (χ0) is 24.9. The SMILES string of the molecule is CO[C@@H]1CN(C)C(=O)c2cc(NS(C)(=O)=O)ccc2OC[C@H](C)N(Cc2ccccc2)C[C@H]1C. The van der Waals surface area contributed by atoms with Gasteiger partial charge in [0.2, 0.25) is 10.0 Å². The van der Waals surface area contributed by atoms with Crippen LogP contribution in [0.15, 0.2) is 48.5 Å². The molecule has 8 nitrogen and oxygen atoms in total. The zero-order valence-corrected chi connectivity index (χ0v) is 21.3. The van der Waals surface area contributed by atoms with Crippen LogP contribution in [0.5, 0.6) is 5.75 Å². The lowest BCUT2D eigenvalue weighted by Gasteiger charge is -2.36. The van der Waals surface area contributed by atoms with Crippen molar-refractivity contribution in [1.82, 2.24) is 9.80 Å². The molecule has 0 saturated heterocycles. The van der Waals surface area contributed by atoms with E-state index in [0.717, 1.165) is 19.3 Å². The molecule has 0 aromatic heterocycles. The maximum Gasteiger partial charge on any atom is 0.257 e. The third-order valence-electron chi connectivity index (χ3n) is 6.11. The Balaban J connectivity index is 1.96. The van der Waals surface area contributed by atoms with E-state index in [1.165, 1.54) is 11.6 Å². The fourth-order valence-electron chi connectivity index (χ4n) is 4.17. The van der Waals surface area contributed by atoms with Crippen molar-refractivity contribution in [2.45, 2.75) is 32.5 Å². The van der Waals surface area contributed by atoms with E-state index < -0.39 is 10.0 Å². The van der Waals surface area contributed by atoms with Gasteiger partial charge < -0.3 is 14.4 Å². The van der Waals surface area contributed by atoms with Gasteiger partial charge in [0.25, 0.3) is 5.91 Å². The van der Waals surface area contributed by atoms with Gasteiger partial charge in [-0.1, -0.05) is 37.3 Å². The van der Waals surface area contributed by atoms with Crippen LogP contribution in [0.3, 0.4) is 0 Å². The fraction of sp³-hybridized carbons (Fsp3) is 0.480. The van der Waals surface area contributed by atoms with Crippen molar-refractivity contribution in [2.24, 2.45) is 5.92 Å². The first-order chi connectivity index (χ1) is 16.1. The maximum absolute atomic E-state index is 13.3. The van der Waals surface area contributed by atoms with Crippen LogP contribution in [0.1, 0.15) is 29.8 Å². The maximum atomic E-state index is 13.3. The summed E-state index contributed by atoms with van der Waals surface area (Å²) in [4.78, 5) is 17.3. The fourth-order valence-corrected chi connectivity index (χ4v) is 4.72. The predicted molar refractivity (Wildman–Crippen MR) is 134 cm³/mol. The molecule has 0 radical (unpaired) electrons. The van der Waals surface area contributed by atoms with E-state index in [-0.39, 0.29) is 24.0 Å². The summed E-state index contributed by atoms with van der Waals surface area (Å²) in [6.07, 6.45) is 0.908. The van der Waals surface area contributed by atoms with Crippen molar-refractivity contribution in [3.8, 4) is 5.75 Å². The Morgan fingerprint density at radius 1 is 1.12 bits per heavy atom. The number of hydrogen-bond donors (Lipinski definition) is 1. The van der Waals surface area contributed by atoms with E-state index >= 15 is 0 Å². The minimum absolute atomic E-state index is 0.0640. The van der Waals surface area contributed by atoms with Crippen molar-refractivity contribution < 1.29 is 22.7 Å². The van der Waals surface area contributed by atoms with E-state index in [0.29, 0.717) is 30.2 Å². The van der Waals surface area contributed by atoms with E-state index in [2.05, 4.69) is 35.6 Å². The molecule has 0 unspecified atom stereocenters. The third-order valence-corrected chi connectivity index (χ3v) is 6.71. The van der Waals surface area contributed by atoms with Crippen molar-refractivity contribution in [3.05, 3.63) is 59.7 Å². The largest absolute Gasteiger partial charge is 0.491 e. The lowest BCUT2D eigenvalue weighted by atomic mass is 10.0. The Morgan fingerprint density at radius 3 is 2.47 bits per heavy atom. The summed E-state index contributed by atoms with van der Waals surface area (Å²) in [5.41, 5.74) is 1.84. The van der Waals surface area contributed by atoms with Gasteiger partial charge in [-0.05, 0) is 36.6 Å². The van der Waals surface area contributed by atoms with Gasteiger partial charge in [-0.25, -0.2) is 8.42 Å². The minimum Gasteiger partial charge on any atom is -0.491 e. The molecule has 0 spiro atoms. The molecular weight excluding hydrogens is 454 g/mol. The first-order valence-electron chi connectivity index (χ1n) is 11.4. The number of hydrogen-bond acceptors (Lipinski definition) is 6. The molecular formula is C25H35N3O5S. The molecule has 0 aliphatic carbocycles. The number of nitrogens with one attached hydrogen (secondary N) is 1. The molecule has 1 amide bonds. The van der Waals surface area contributed by atoms with Crippen molar-refractivity contribution >= 4 is 21.6 Å². The lowest BCUT2D eigenvalue weighted by Crippen LogP contribution is -2.46. The van der Waals surface area contributed by atoms with Gasteiger partial charge in [-0.3, -0.25) is 14.4 Å². The van der Waals surface area contributed by atoms with Gasteiger partial charge in [-0.2, -0.15) is 0 Å². The van der Waals surface area contributed by atoms with E-state index in [1.54, 1.807) is 31.2 Å². The van der Waals surface area contributed by atoms with Crippen LogP contribution in [0.4, 0.5) is 5.69 Å². The molecule has 3 rings (SSSR count). The molecule has 0 saturated carbocycles. The van der Waals surface area contributed by atoms with Gasteiger partial charge in [0.05, 0.1) is 17.9 Å². The summed E-state index contributed by atoms with van der Waals surface area (Å²) < 4.78 is 37.8. The molecule has 9 heteroatoms. The molecule has 2 aromatic rings. The van der Waals surface area contributed by atoms with E-state index in [9.17, 15) is 13.2 Å². The standard InChI is InChI=1S/C25H35N3O5S/c1-18-14-28(15-20-9-7-6-8-10-20)19(2)17-33-23-12-11-21(26-34(5,30)31)13-22(23)25(29)27(3)16-24(18)32-4/h6-13,18-19,24,26H,14-17H2,1-5H3/t18-,19+,24-/m1/s1. The summed E-state index contributed by atoms with van der Waals surface area (Å²) >= 11 is 0. The topological polar surface area (TPSA) is 88.2 Å². The smallest absolute Gasteiger partial charge is 0.257 e. The van der Waals surface area contributed by atoms with Crippen LogP contribution < -0.4 is 9.46 Å². The monoisotopic (exact) mass is 489 g/mol. The van der Waals surface area contributed by atoms with Gasteiger partial charge in [0, 0.05) is 45.5 Å². The number of carbonyl (C=O) groups is 1. The Kier molecular flexibility index (Phi) is 8.57. The number of fused-ring (bicyclic) bond motifs is 1. The molecule has 186 valence electrons. The van der Waals surface area contributed by atoms with Crippen molar-refractivity contribution in [2.75, 3.05) is 44.8 Å². The van der Waals surface area contributed by atoms with Gasteiger partial charge >= 0.3 is 0 Å².